The highest BCUT2D eigenvalue weighted by atomic mass is 16.1. The summed E-state index contributed by atoms with van der Waals surface area (Å²) >= 11 is 0. The number of H-pyrrole nitrogens is 2. The number of likely N-dealkylation sites (tertiary alicyclic amines) is 1. The number of nitrogens with zero attached hydrogens (tertiary/aromatic N) is 3. The van der Waals surface area contributed by atoms with Crippen LogP contribution in [0.2, 0.25) is 0 Å². The standard InChI is InChI=1S/C11H16N6O/c12-11-15-9-8(10(18)16-11)13-7(14-9)3-6-17-4-1-2-5-17/h1-6H2,(H4,12,13,14,15,16,18). The van der Waals surface area contributed by atoms with Gasteiger partial charge >= 0.3 is 0 Å². The number of hydrogen-bond donors (Lipinski definition) is 3. The van der Waals surface area contributed by atoms with Crippen LogP contribution in [0.1, 0.15) is 18.7 Å². The third-order valence-corrected chi connectivity index (χ3v) is 3.29. The van der Waals surface area contributed by atoms with Crippen molar-refractivity contribution in [1.82, 2.24) is 24.8 Å². The summed E-state index contributed by atoms with van der Waals surface area (Å²) in [6, 6.07) is 0. The molecule has 1 saturated heterocycles. The average molecular weight is 248 g/mol. The Morgan fingerprint density at radius 1 is 1.22 bits per heavy atom. The molecule has 0 unspecified atom stereocenters. The molecule has 1 fully saturated rings. The van der Waals surface area contributed by atoms with Crippen molar-refractivity contribution in [3.8, 4) is 0 Å². The Labute approximate surface area is 103 Å². The first kappa shape index (κ1) is 11.2. The predicted octanol–water partition coefficient (Wildman–Crippen LogP) is -0.133. The van der Waals surface area contributed by atoms with Crippen molar-refractivity contribution in [2.75, 3.05) is 25.4 Å². The van der Waals surface area contributed by atoms with Gasteiger partial charge in [0.1, 0.15) is 5.82 Å². The number of hydrogen-bond acceptors (Lipinski definition) is 5. The molecule has 2 aromatic rings. The van der Waals surface area contributed by atoms with Gasteiger partial charge in [-0.15, -0.1) is 0 Å². The third kappa shape index (κ3) is 2.08. The van der Waals surface area contributed by atoms with Gasteiger partial charge in [0.2, 0.25) is 5.95 Å². The molecular weight excluding hydrogens is 232 g/mol. The van der Waals surface area contributed by atoms with E-state index < -0.39 is 0 Å². The number of anilines is 1. The number of imidazole rings is 1. The summed E-state index contributed by atoms with van der Waals surface area (Å²) in [6.45, 7) is 3.28. The summed E-state index contributed by atoms with van der Waals surface area (Å²) in [5, 5.41) is 0. The Bertz CT molecular complexity index is 610. The molecule has 7 heteroatoms. The van der Waals surface area contributed by atoms with Crippen molar-refractivity contribution in [1.29, 1.82) is 0 Å². The molecule has 96 valence electrons. The summed E-state index contributed by atoms with van der Waals surface area (Å²) in [5.74, 6) is 0.894. The molecule has 0 atom stereocenters. The summed E-state index contributed by atoms with van der Waals surface area (Å²) in [7, 11) is 0. The van der Waals surface area contributed by atoms with Crippen LogP contribution in [-0.4, -0.2) is 44.5 Å². The molecule has 0 bridgehead atoms. The van der Waals surface area contributed by atoms with E-state index in [9.17, 15) is 4.79 Å². The Morgan fingerprint density at radius 3 is 2.78 bits per heavy atom. The van der Waals surface area contributed by atoms with Crippen LogP contribution in [0.3, 0.4) is 0 Å². The zero-order chi connectivity index (χ0) is 12.5. The van der Waals surface area contributed by atoms with E-state index in [0.717, 1.165) is 31.9 Å². The SMILES string of the molecule is Nc1nc2nc(CCN3CCCC3)[nH]c2c(=O)[nH]1. The van der Waals surface area contributed by atoms with E-state index in [1.165, 1.54) is 12.8 Å². The Hall–Kier alpha value is -1.89. The van der Waals surface area contributed by atoms with Gasteiger partial charge in [-0.2, -0.15) is 4.98 Å². The van der Waals surface area contributed by atoms with Crippen molar-refractivity contribution in [2.45, 2.75) is 19.3 Å². The second-order valence-corrected chi connectivity index (χ2v) is 4.63. The van der Waals surface area contributed by atoms with E-state index in [4.69, 9.17) is 5.73 Å². The molecule has 2 aromatic heterocycles. The summed E-state index contributed by atoms with van der Waals surface area (Å²) < 4.78 is 0. The lowest BCUT2D eigenvalue weighted by Gasteiger charge is -2.12. The average Bonchev–Trinajstić information content (AvgIpc) is 2.93. The lowest BCUT2D eigenvalue weighted by molar-refractivity contribution is 0.341. The van der Waals surface area contributed by atoms with Crippen LogP contribution in [-0.2, 0) is 6.42 Å². The molecule has 0 radical (unpaired) electrons. The number of aromatic nitrogens is 4. The highest BCUT2D eigenvalue weighted by Gasteiger charge is 2.13. The maximum atomic E-state index is 11.6. The fraction of sp³-hybridized carbons (Fsp3) is 0.545. The molecule has 3 rings (SSSR count). The zero-order valence-corrected chi connectivity index (χ0v) is 10.1. The molecule has 0 aliphatic carbocycles. The van der Waals surface area contributed by atoms with Gasteiger partial charge in [0.15, 0.2) is 11.2 Å². The van der Waals surface area contributed by atoms with Gasteiger partial charge in [-0.1, -0.05) is 0 Å². The molecule has 7 nitrogen and oxygen atoms in total. The van der Waals surface area contributed by atoms with Crippen molar-refractivity contribution in [3.63, 3.8) is 0 Å². The topological polar surface area (TPSA) is 104 Å². The van der Waals surface area contributed by atoms with Crippen LogP contribution < -0.4 is 11.3 Å². The van der Waals surface area contributed by atoms with E-state index in [0.29, 0.717) is 11.2 Å². The van der Waals surface area contributed by atoms with Crippen molar-refractivity contribution in [3.05, 3.63) is 16.2 Å². The maximum absolute atomic E-state index is 11.6. The van der Waals surface area contributed by atoms with Crippen molar-refractivity contribution < 1.29 is 0 Å². The molecule has 0 amide bonds. The fourth-order valence-corrected chi connectivity index (χ4v) is 2.36. The molecule has 0 saturated carbocycles. The maximum Gasteiger partial charge on any atom is 0.278 e. The smallest absolute Gasteiger partial charge is 0.278 e. The van der Waals surface area contributed by atoms with E-state index in [1.54, 1.807) is 0 Å². The van der Waals surface area contributed by atoms with Gasteiger partial charge in [-0.25, -0.2) is 4.98 Å². The summed E-state index contributed by atoms with van der Waals surface area (Å²) in [6.07, 6.45) is 3.35. The Kier molecular flexibility index (Phi) is 2.75. The van der Waals surface area contributed by atoms with Gasteiger partial charge in [0, 0.05) is 13.0 Å². The molecule has 1 aliphatic heterocycles. The molecule has 4 N–H and O–H groups in total. The number of nitrogens with one attached hydrogen (secondary N) is 2. The third-order valence-electron chi connectivity index (χ3n) is 3.29. The first-order valence-corrected chi connectivity index (χ1v) is 6.19. The van der Waals surface area contributed by atoms with Gasteiger partial charge in [-0.3, -0.25) is 9.78 Å². The number of rotatable bonds is 3. The molecule has 3 heterocycles. The summed E-state index contributed by atoms with van der Waals surface area (Å²) in [4.78, 5) is 27.8. The molecule has 1 aliphatic rings. The summed E-state index contributed by atoms with van der Waals surface area (Å²) in [5.41, 5.74) is 6.01. The number of aromatic amines is 2. The monoisotopic (exact) mass is 248 g/mol. The largest absolute Gasteiger partial charge is 0.369 e. The quantitative estimate of drug-likeness (QED) is 0.701. The first-order chi connectivity index (χ1) is 8.72. The van der Waals surface area contributed by atoms with E-state index in [-0.39, 0.29) is 11.5 Å². The normalized spacial score (nSPS) is 16.7. The van der Waals surface area contributed by atoms with E-state index in [1.807, 2.05) is 0 Å². The minimum absolute atomic E-state index is 0.102. The predicted molar refractivity (Wildman–Crippen MR) is 68.3 cm³/mol. The van der Waals surface area contributed by atoms with Gasteiger partial charge in [0.05, 0.1) is 0 Å². The van der Waals surface area contributed by atoms with Crippen LogP contribution >= 0.6 is 0 Å². The van der Waals surface area contributed by atoms with Crippen LogP contribution in [0.25, 0.3) is 11.2 Å². The highest BCUT2D eigenvalue weighted by Crippen LogP contribution is 2.09. The number of fused-ring (bicyclic) bond motifs is 1. The Balaban J connectivity index is 1.80. The molecular formula is C11H16N6O. The van der Waals surface area contributed by atoms with Gasteiger partial charge < -0.3 is 15.6 Å². The lowest BCUT2D eigenvalue weighted by Crippen LogP contribution is -2.22. The van der Waals surface area contributed by atoms with Crippen LogP contribution in [0.15, 0.2) is 4.79 Å². The fourth-order valence-electron chi connectivity index (χ4n) is 2.36. The van der Waals surface area contributed by atoms with Crippen LogP contribution in [0.5, 0.6) is 0 Å². The van der Waals surface area contributed by atoms with Crippen LogP contribution in [0, 0.1) is 0 Å². The van der Waals surface area contributed by atoms with Crippen molar-refractivity contribution >= 4 is 17.1 Å². The minimum Gasteiger partial charge on any atom is -0.369 e. The molecule has 0 aromatic carbocycles. The van der Waals surface area contributed by atoms with Crippen molar-refractivity contribution in [2.24, 2.45) is 0 Å². The highest BCUT2D eigenvalue weighted by molar-refractivity contribution is 5.70. The second kappa shape index (κ2) is 4.41. The van der Waals surface area contributed by atoms with Crippen LogP contribution in [0.4, 0.5) is 5.95 Å². The minimum atomic E-state index is -0.266. The van der Waals surface area contributed by atoms with Gasteiger partial charge in [-0.05, 0) is 25.9 Å². The number of nitrogen functional groups attached to an aromatic ring is 1. The molecule has 18 heavy (non-hydrogen) atoms. The van der Waals surface area contributed by atoms with E-state index in [2.05, 4.69) is 24.8 Å². The Morgan fingerprint density at radius 2 is 2.00 bits per heavy atom. The van der Waals surface area contributed by atoms with Gasteiger partial charge in [0.25, 0.3) is 5.56 Å². The van der Waals surface area contributed by atoms with E-state index >= 15 is 0 Å². The first-order valence-electron chi connectivity index (χ1n) is 6.19. The second-order valence-electron chi connectivity index (χ2n) is 4.63. The number of nitrogens with two attached hydrogens (primary N) is 1. The lowest BCUT2D eigenvalue weighted by atomic mass is 10.4. The zero-order valence-electron chi connectivity index (χ0n) is 10.1. The molecule has 0 spiro atoms.